The fourth-order valence-electron chi connectivity index (χ4n) is 2.36. The number of nitrogens with zero attached hydrogens (tertiary/aromatic N) is 2. The molecule has 0 aliphatic rings. The van der Waals surface area contributed by atoms with Crippen molar-refractivity contribution < 1.29 is 4.79 Å². The van der Waals surface area contributed by atoms with E-state index in [0.29, 0.717) is 6.54 Å². The highest BCUT2D eigenvalue weighted by Gasteiger charge is 2.07. The third-order valence-electron chi connectivity index (χ3n) is 3.85. The predicted molar refractivity (Wildman–Crippen MR) is 93.2 cm³/mol. The van der Waals surface area contributed by atoms with Crippen LogP contribution >= 0.6 is 0 Å². The summed E-state index contributed by atoms with van der Waals surface area (Å²) in [5.41, 5.74) is 2.55. The van der Waals surface area contributed by atoms with Crippen LogP contribution in [0.25, 0.3) is 0 Å². The summed E-state index contributed by atoms with van der Waals surface area (Å²) in [6, 6.07) is 14.4. The van der Waals surface area contributed by atoms with Crippen molar-refractivity contribution in [2.75, 3.05) is 26.7 Å². The highest BCUT2D eigenvalue weighted by atomic mass is 16.2. The zero-order valence-corrected chi connectivity index (χ0v) is 13.7. The van der Waals surface area contributed by atoms with Gasteiger partial charge in [-0.25, -0.2) is 0 Å². The van der Waals surface area contributed by atoms with E-state index >= 15 is 0 Å². The molecule has 0 bridgehead atoms. The van der Waals surface area contributed by atoms with E-state index in [1.54, 1.807) is 17.3 Å². The van der Waals surface area contributed by atoms with Crippen LogP contribution in [0.1, 0.15) is 17.5 Å². The van der Waals surface area contributed by atoms with Gasteiger partial charge >= 0.3 is 0 Å². The number of benzene rings is 1. The van der Waals surface area contributed by atoms with Crippen LogP contribution in [-0.4, -0.2) is 42.5 Å². The summed E-state index contributed by atoms with van der Waals surface area (Å²) in [5, 5.41) is 3.23. The van der Waals surface area contributed by atoms with Crippen LogP contribution in [0, 0.1) is 0 Å². The van der Waals surface area contributed by atoms with Gasteiger partial charge in [0.1, 0.15) is 0 Å². The van der Waals surface area contributed by atoms with E-state index in [9.17, 15) is 4.79 Å². The first kappa shape index (κ1) is 17.2. The molecule has 23 heavy (non-hydrogen) atoms. The number of hydrogen-bond acceptors (Lipinski definition) is 3. The fourth-order valence-corrected chi connectivity index (χ4v) is 2.36. The van der Waals surface area contributed by atoms with E-state index in [0.717, 1.165) is 32.4 Å². The van der Waals surface area contributed by atoms with Crippen LogP contribution in [0.4, 0.5) is 0 Å². The Morgan fingerprint density at radius 3 is 2.48 bits per heavy atom. The first-order valence-electron chi connectivity index (χ1n) is 8.13. The monoisotopic (exact) mass is 311 g/mol. The number of carbonyl (C=O) groups excluding carboxylic acids is 1. The van der Waals surface area contributed by atoms with Crippen LogP contribution < -0.4 is 5.32 Å². The van der Waals surface area contributed by atoms with Gasteiger partial charge < -0.3 is 10.2 Å². The number of aryl methyl sites for hydroxylation is 1. The van der Waals surface area contributed by atoms with Crippen molar-refractivity contribution in [3.63, 3.8) is 0 Å². The van der Waals surface area contributed by atoms with E-state index in [-0.39, 0.29) is 5.91 Å². The molecule has 0 aliphatic heterocycles. The van der Waals surface area contributed by atoms with Crippen molar-refractivity contribution in [1.82, 2.24) is 15.2 Å². The lowest BCUT2D eigenvalue weighted by atomic mass is 10.1. The quantitative estimate of drug-likeness (QED) is 0.723. The summed E-state index contributed by atoms with van der Waals surface area (Å²) in [7, 11) is 1.86. The van der Waals surface area contributed by atoms with Gasteiger partial charge in [-0.05, 0) is 49.1 Å². The molecule has 2 aromatic rings. The number of amides is 1. The van der Waals surface area contributed by atoms with E-state index < -0.39 is 0 Å². The Labute approximate surface area is 138 Å². The van der Waals surface area contributed by atoms with Gasteiger partial charge in [-0.15, -0.1) is 0 Å². The van der Waals surface area contributed by atoms with Crippen molar-refractivity contribution in [3.8, 4) is 0 Å². The molecule has 4 nitrogen and oxygen atoms in total. The molecule has 1 aromatic carbocycles. The van der Waals surface area contributed by atoms with Gasteiger partial charge in [0.25, 0.3) is 0 Å². The van der Waals surface area contributed by atoms with Crippen LogP contribution in [0.2, 0.25) is 0 Å². The maximum Gasteiger partial charge on any atom is 0.236 e. The van der Waals surface area contributed by atoms with Crippen LogP contribution in [0.15, 0.2) is 54.9 Å². The maximum absolute atomic E-state index is 12.0. The van der Waals surface area contributed by atoms with Gasteiger partial charge in [-0.3, -0.25) is 9.78 Å². The Hall–Kier alpha value is -2.20. The van der Waals surface area contributed by atoms with E-state index in [2.05, 4.69) is 34.6 Å². The first-order valence-corrected chi connectivity index (χ1v) is 8.13. The summed E-state index contributed by atoms with van der Waals surface area (Å²) >= 11 is 0. The maximum atomic E-state index is 12.0. The number of carbonyl (C=O) groups is 1. The van der Waals surface area contributed by atoms with E-state index in [4.69, 9.17) is 0 Å². The molecule has 0 saturated carbocycles. The smallest absolute Gasteiger partial charge is 0.236 e. The molecule has 4 heteroatoms. The zero-order chi connectivity index (χ0) is 16.3. The average molecular weight is 311 g/mol. The standard InChI is InChI=1S/C19H25N3O/c1-22(15-11-18-9-13-20-14-10-18)19(23)16-21-12-5-8-17-6-3-2-4-7-17/h2-4,6-7,9-10,13-14,21H,5,8,11-12,15-16H2,1H3. The largest absolute Gasteiger partial charge is 0.344 e. The van der Waals surface area contributed by atoms with E-state index in [1.807, 2.05) is 25.2 Å². The van der Waals surface area contributed by atoms with Gasteiger partial charge in [-0.1, -0.05) is 30.3 Å². The molecule has 0 fully saturated rings. The topological polar surface area (TPSA) is 45.2 Å². The number of likely N-dealkylation sites (N-methyl/N-ethyl adjacent to an activating group) is 1. The summed E-state index contributed by atoms with van der Waals surface area (Å²) < 4.78 is 0. The summed E-state index contributed by atoms with van der Waals surface area (Å²) in [6.45, 7) is 2.00. The Bertz CT molecular complexity index is 572. The molecule has 2 rings (SSSR count). The molecule has 0 aliphatic carbocycles. The number of pyridine rings is 1. The molecule has 0 saturated heterocycles. The predicted octanol–water partition coefficient (Wildman–Crippen LogP) is 2.30. The molecule has 122 valence electrons. The number of aromatic nitrogens is 1. The molecule has 0 unspecified atom stereocenters. The summed E-state index contributed by atoms with van der Waals surface area (Å²) in [4.78, 5) is 17.8. The first-order chi connectivity index (χ1) is 11.3. The Balaban J connectivity index is 1.57. The fraction of sp³-hybridized carbons (Fsp3) is 0.368. The Kier molecular flexibility index (Phi) is 7.27. The molecular weight excluding hydrogens is 286 g/mol. The molecule has 0 spiro atoms. The molecule has 1 aromatic heterocycles. The van der Waals surface area contributed by atoms with Crippen molar-refractivity contribution in [1.29, 1.82) is 0 Å². The number of rotatable bonds is 9. The van der Waals surface area contributed by atoms with Crippen molar-refractivity contribution in [2.45, 2.75) is 19.3 Å². The lowest BCUT2D eigenvalue weighted by Gasteiger charge is -2.17. The molecule has 1 heterocycles. The zero-order valence-electron chi connectivity index (χ0n) is 13.7. The number of nitrogens with one attached hydrogen (secondary N) is 1. The molecular formula is C19H25N3O. The van der Waals surface area contributed by atoms with Crippen molar-refractivity contribution in [3.05, 3.63) is 66.0 Å². The minimum Gasteiger partial charge on any atom is -0.344 e. The lowest BCUT2D eigenvalue weighted by molar-refractivity contribution is -0.128. The molecule has 1 amide bonds. The molecule has 1 N–H and O–H groups in total. The van der Waals surface area contributed by atoms with Gasteiger partial charge in [0.2, 0.25) is 5.91 Å². The van der Waals surface area contributed by atoms with Crippen LogP contribution in [0.3, 0.4) is 0 Å². The van der Waals surface area contributed by atoms with E-state index in [1.165, 1.54) is 11.1 Å². The molecule has 0 radical (unpaired) electrons. The van der Waals surface area contributed by atoms with Gasteiger partial charge in [0, 0.05) is 26.0 Å². The second kappa shape index (κ2) is 9.74. The summed E-state index contributed by atoms with van der Waals surface area (Å²) in [5.74, 6) is 0.138. The van der Waals surface area contributed by atoms with Crippen molar-refractivity contribution in [2.24, 2.45) is 0 Å². The Morgan fingerprint density at radius 2 is 1.74 bits per heavy atom. The third kappa shape index (κ3) is 6.61. The van der Waals surface area contributed by atoms with Crippen molar-refractivity contribution >= 4 is 5.91 Å². The highest BCUT2D eigenvalue weighted by Crippen LogP contribution is 2.01. The lowest BCUT2D eigenvalue weighted by Crippen LogP contribution is -2.37. The number of hydrogen-bond donors (Lipinski definition) is 1. The summed E-state index contributed by atoms with van der Waals surface area (Å²) in [6.07, 6.45) is 6.51. The van der Waals surface area contributed by atoms with Crippen LogP contribution in [0.5, 0.6) is 0 Å². The Morgan fingerprint density at radius 1 is 1.04 bits per heavy atom. The normalized spacial score (nSPS) is 10.5. The third-order valence-corrected chi connectivity index (χ3v) is 3.85. The van der Waals surface area contributed by atoms with Gasteiger partial charge in [0.15, 0.2) is 0 Å². The van der Waals surface area contributed by atoms with Crippen LogP contribution in [-0.2, 0) is 17.6 Å². The minimum absolute atomic E-state index is 0.138. The second-order valence-electron chi connectivity index (χ2n) is 5.69. The average Bonchev–Trinajstić information content (AvgIpc) is 2.61. The molecule has 0 atom stereocenters. The van der Waals surface area contributed by atoms with Gasteiger partial charge in [-0.2, -0.15) is 0 Å². The van der Waals surface area contributed by atoms with Gasteiger partial charge in [0.05, 0.1) is 6.54 Å². The second-order valence-corrected chi connectivity index (χ2v) is 5.69. The minimum atomic E-state index is 0.138. The highest BCUT2D eigenvalue weighted by molar-refractivity contribution is 5.77. The SMILES string of the molecule is CN(CCc1ccncc1)C(=O)CNCCCc1ccccc1.